The molecular formula is C14H8FN3O3S. The van der Waals surface area contributed by atoms with Crippen molar-refractivity contribution in [2.75, 3.05) is 5.32 Å². The molecule has 1 aromatic heterocycles. The van der Waals surface area contributed by atoms with Crippen LogP contribution in [0.1, 0.15) is 10.4 Å². The molecule has 0 radical (unpaired) electrons. The number of anilines is 1. The SMILES string of the molecule is O=C(Nc1nc2ccc([N+](=O)[O-])cc2s1)c1cccc(F)c1. The smallest absolute Gasteiger partial charge is 0.270 e. The van der Waals surface area contributed by atoms with Crippen LogP contribution in [0.15, 0.2) is 42.5 Å². The van der Waals surface area contributed by atoms with Gasteiger partial charge in [0.15, 0.2) is 5.13 Å². The van der Waals surface area contributed by atoms with Crippen LogP contribution in [-0.4, -0.2) is 15.8 Å². The van der Waals surface area contributed by atoms with E-state index in [2.05, 4.69) is 10.3 Å². The molecule has 22 heavy (non-hydrogen) atoms. The molecule has 0 unspecified atom stereocenters. The monoisotopic (exact) mass is 317 g/mol. The van der Waals surface area contributed by atoms with E-state index in [9.17, 15) is 19.3 Å². The van der Waals surface area contributed by atoms with Crippen molar-refractivity contribution in [1.82, 2.24) is 4.98 Å². The zero-order valence-electron chi connectivity index (χ0n) is 10.9. The highest BCUT2D eigenvalue weighted by atomic mass is 32.1. The first-order valence-corrected chi connectivity index (χ1v) is 6.96. The number of hydrogen-bond donors (Lipinski definition) is 1. The zero-order chi connectivity index (χ0) is 15.7. The summed E-state index contributed by atoms with van der Waals surface area (Å²) in [7, 11) is 0. The van der Waals surface area contributed by atoms with Gasteiger partial charge in [0.25, 0.3) is 11.6 Å². The minimum atomic E-state index is -0.507. The van der Waals surface area contributed by atoms with Crippen molar-refractivity contribution in [3.63, 3.8) is 0 Å². The number of carbonyl (C=O) groups excluding carboxylic acids is 1. The number of nitrogens with one attached hydrogen (secondary N) is 1. The summed E-state index contributed by atoms with van der Waals surface area (Å²) in [6.07, 6.45) is 0. The Hall–Kier alpha value is -2.87. The maximum absolute atomic E-state index is 13.1. The summed E-state index contributed by atoms with van der Waals surface area (Å²) in [5.41, 5.74) is 0.675. The highest BCUT2D eigenvalue weighted by molar-refractivity contribution is 7.22. The normalized spacial score (nSPS) is 10.6. The third-order valence-electron chi connectivity index (χ3n) is 2.89. The van der Waals surface area contributed by atoms with Crippen LogP contribution in [0, 0.1) is 15.9 Å². The molecule has 0 saturated carbocycles. The molecule has 1 N–H and O–H groups in total. The van der Waals surface area contributed by atoms with Crippen molar-refractivity contribution in [3.05, 3.63) is 64.0 Å². The van der Waals surface area contributed by atoms with E-state index in [1.54, 1.807) is 0 Å². The Balaban J connectivity index is 1.87. The topological polar surface area (TPSA) is 85.1 Å². The lowest BCUT2D eigenvalue weighted by atomic mass is 10.2. The largest absolute Gasteiger partial charge is 0.298 e. The molecule has 0 aliphatic heterocycles. The molecule has 0 aliphatic rings. The van der Waals surface area contributed by atoms with E-state index >= 15 is 0 Å². The molecule has 1 heterocycles. The minimum Gasteiger partial charge on any atom is -0.298 e. The fourth-order valence-electron chi connectivity index (χ4n) is 1.88. The lowest BCUT2D eigenvalue weighted by Crippen LogP contribution is -2.11. The summed E-state index contributed by atoms with van der Waals surface area (Å²) in [5, 5.41) is 13.6. The molecule has 8 heteroatoms. The molecule has 0 atom stereocenters. The molecular weight excluding hydrogens is 309 g/mol. The molecule has 6 nitrogen and oxygen atoms in total. The van der Waals surface area contributed by atoms with Crippen LogP contribution in [0.4, 0.5) is 15.2 Å². The van der Waals surface area contributed by atoms with Crippen LogP contribution in [0.3, 0.4) is 0 Å². The first kappa shape index (κ1) is 14.1. The van der Waals surface area contributed by atoms with Crippen molar-refractivity contribution in [2.45, 2.75) is 0 Å². The van der Waals surface area contributed by atoms with Crippen LogP contribution < -0.4 is 5.32 Å². The number of amides is 1. The number of nitro benzene ring substituents is 1. The summed E-state index contributed by atoms with van der Waals surface area (Å²) >= 11 is 1.11. The van der Waals surface area contributed by atoms with Crippen molar-refractivity contribution < 1.29 is 14.1 Å². The summed E-state index contributed by atoms with van der Waals surface area (Å²) in [6.45, 7) is 0. The van der Waals surface area contributed by atoms with Crippen LogP contribution >= 0.6 is 11.3 Å². The quantitative estimate of drug-likeness (QED) is 0.591. The number of benzene rings is 2. The second-order valence-electron chi connectivity index (χ2n) is 4.39. The number of hydrogen-bond acceptors (Lipinski definition) is 5. The average Bonchev–Trinajstić information content (AvgIpc) is 2.88. The van der Waals surface area contributed by atoms with Gasteiger partial charge in [0.05, 0.1) is 15.1 Å². The highest BCUT2D eigenvalue weighted by Crippen LogP contribution is 2.29. The number of thiazole rings is 1. The van der Waals surface area contributed by atoms with Gasteiger partial charge in [0, 0.05) is 17.7 Å². The van der Waals surface area contributed by atoms with Gasteiger partial charge in [0.1, 0.15) is 5.82 Å². The lowest BCUT2D eigenvalue weighted by Gasteiger charge is -2.00. The Morgan fingerprint density at radius 1 is 1.27 bits per heavy atom. The molecule has 0 fully saturated rings. The van der Waals surface area contributed by atoms with Crippen molar-refractivity contribution >= 4 is 38.3 Å². The summed E-state index contributed by atoms with van der Waals surface area (Å²) < 4.78 is 13.7. The maximum Gasteiger partial charge on any atom is 0.270 e. The minimum absolute atomic E-state index is 0.0424. The number of non-ortho nitro benzene ring substituents is 1. The molecule has 2 aromatic carbocycles. The number of halogens is 1. The van der Waals surface area contributed by atoms with Crippen LogP contribution in [0.5, 0.6) is 0 Å². The zero-order valence-corrected chi connectivity index (χ0v) is 11.8. The molecule has 3 aromatic rings. The van der Waals surface area contributed by atoms with Gasteiger partial charge in [-0.25, -0.2) is 9.37 Å². The third kappa shape index (κ3) is 2.77. The molecule has 0 aliphatic carbocycles. The van der Waals surface area contributed by atoms with E-state index < -0.39 is 16.6 Å². The average molecular weight is 317 g/mol. The highest BCUT2D eigenvalue weighted by Gasteiger charge is 2.13. The first-order valence-electron chi connectivity index (χ1n) is 6.15. The first-order chi connectivity index (χ1) is 10.5. The molecule has 1 amide bonds. The Labute approximate surface area is 127 Å². The van der Waals surface area contributed by atoms with Crippen LogP contribution in [-0.2, 0) is 0 Å². The predicted molar refractivity (Wildman–Crippen MR) is 80.6 cm³/mol. The van der Waals surface area contributed by atoms with E-state index in [-0.39, 0.29) is 11.3 Å². The van der Waals surface area contributed by atoms with Gasteiger partial charge in [-0.3, -0.25) is 20.2 Å². The second kappa shape index (κ2) is 5.49. The van der Waals surface area contributed by atoms with E-state index in [0.29, 0.717) is 15.3 Å². The number of fused-ring (bicyclic) bond motifs is 1. The van der Waals surface area contributed by atoms with Crippen molar-refractivity contribution in [2.24, 2.45) is 0 Å². The van der Waals surface area contributed by atoms with Gasteiger partial charge in [0.2, 0.25) is 0 Å². The van der Waals surface area contributed by atoms with Gasteiger partial charge >= 0.3 is 0 Å². The Bertz CT molecular complexity index is 894. The Morgan fingerprint density at radius 3 is 2.82 bits per heavy atom. The Morgan fingerprint density at radius 2 is 2.09 bits per heavy atom. The van der Waals surface area contributed by atoms with E-state index in [4.69, 9.17) is 0 Å². The van der Waals surface area contributed by atoms with Crippen molar-refractivity contribution in [1.29, 1.82) is 0 Å². The number of nitro groups is 1. The second-order valence-corrected chi connectivity index (χ2v) is 5.42. The standard InChI is InChI=1S/C14H8FN3O3S/c15-9-3-1-2-8(6-9)13(19)17-14-16-11-5-4-10(18(20)21)7-12(11)22-14/h1-7H,(H,16,17,19). The molecule has 110 valence electrons. The number of carbonyl (C=O) groups is 1. The van der Waals surface area contributed by atoms with Gasteiger partial charge < -0.3 is 0 Å². The molecule has 0 spiro atoms. The third-order valence-corrected chi connectivity index (χ3v) is 3.82. The molecule has 0 saturated heterocycles. The van der Waals surface area contributed by atoms with E-state index in [1.807, 2.05) is 0 Å². The maximum atomic E-state index is 13.1. The van der Waals surface area contributed by atoms with Gasteiger partial charge in [-0.05, 0) is 24.3 Å². The van der Waals surface area contributed by atoms with Gasteiger partial charge in [-0.1, -0.05) is 17.4 Å². The van der Waals surface area contributed by atoms with Crippen LogP contribution in [0.25, 0.3) is 10.2 Å². The summed E-state index contributed by atoms with van der Waals surface area (Å²) in [5.74, 6) is -0.999. The van der Waals surface area contributed by atoms with E-state index in [1.165, 1.54) is 36.4 Å². The Kier molecular flexibility index (Phi) is 3.51. The summed E-state index contributed by atoms with van der Waals surface area (Å²) in [6, 6.07) is 9.54. The van der Waals surface area contributed by atoms with Crippen LogP contribution in [0.2, 0.25) is 0 Å². The fraction of sp³-hybridized carbons (Fsp3) is 0. The van der Waals surface area contributed by atoms with E-state index in [0.717, 1.165) is 17.4 Å². The number of rotatable bonds is 3. The number of nitrogens with zero attached hydrogens (tertiary/aromatic N) is 2. The van der Waals surface area contributed by atoms with Crippen molar-refractivity contribution in [3.8, 4) is 0 Å². The molecule has 0 bridgehead atoms. The molecule has 3 rings (SSSR count). The van der Waals surface area contributed by atoms with Gasteiger partial charge in [-0.2, -0.15) is 0 Å². The lowest BCUT2D eigenvalue weighted by molar-refractivity contribution is -0.384. The van der Waals surface area contributed by atoms with Gasteiger partial charge in [-0.15, -0.1) is 0 Å². The fourth-order valence-corrected chi connectivity index (χ4v) is 2.77. The number of aromatic nitrogens is 1. The summed E-state index contributed by atoms with van der Waals surface area (Å²) in [4.78, 5) is 26.4. The predicted octanol–water partition coefficient (Wildman–Crippen LogP) is 3.60.